The molecule has 2 N–H and O–H groups in total. The van der Waals surface area contributed by atoms with Gasteiger partial charge in [0.2, 0.25) is 5.96 Å². The summed E-state index contributed by atoms with van der Waals surface area (Å²) in [6.07, 6.45) is 6.69. The van der Waals surface area contributed by atoms with Gasteiger partial charge in [0.15, 0.2) is 6.19 Å². The maximum absolute atomic E-state index is 8.81. The molecule has 0 aromatic heterocycles. The molecule has 0 saturated carbocycles. The van der Waals surface area contributed by atoms with Gasteiger partial charge in [-0.1, -0.05) is 26.2 Å². The van der Waals surface area contributed by atoms with Gasteiger partial charge in [-0.25, -0.2) is 0 Å². The molecule has 6 heteroatoms. The van der Waals surface area contributed by atoms with E-state index in [1.54, 1.807) is 0 Å². The Morgan fingerprint density at radius 2 is 1.96 bits per heavy atom. The van der Waals surface area contributed by atoms with Gasteiger partial charge in [0.05, 0.1) is 13.2 Å². The Bertz CT molecular complexity index is 519. The van der Waals surface area contributed by atoms with Gasteiger partial charge in [-0.2, -0.15) is 5.26 Å². The smallest absolute Gasteiger partial charge is 0.209 e. The number of benzene rings is 1. The zero-order chi connectivity index (χ0) is 17.6. The summed E-state index contributed by atoms with van der Waals surface area (Å²) < 4.78 is 5.72. The summed E-state index contributed by atoms with van der Waals surface area (Å²) in [4.78, 5) is 6.39. The lowest BCUT2D eigenvalue weighted by atomic mass is 10.2. The van der Waals surface area contributed by atoms with Gasteiger partial charge in [0.1, 0.15) is 5.75 Å². The number of nitriles is 1. The summed E-state index contributed by atoms with van der Waals surface area (Å²) in [7, 11) is 3.97. The molecule has 1 aromatic rings. The first-order valence-corrected chi connectivity index (χ1v) is 8.50. The molecule has 0 radical (unpaired) electrons. The molecule has 1 aromatic carbocycles. The Kier molecular flexibility index (Phi) is 10.1. The van der Waals surface area contributed by atoms with Gasteiger partial charge in [-0.3, -0.25) is 10.3 Å². The second-order valence-electron chi connectivity index (χ2n) is 5.83. The molecule has 6 nitrogen and oxygen atoms in total. The molecule has 132 valence electrons. The van der Waals surface area contributed by atoms with E-state index in [4.69, 9.17) is 10.00 Å². The van der Waals surface area contributed by atoms with Crippen molar-refractivity contribution in [2.75, 3.05) is 39.1 Å². The highest BCUT2D eigenvalue weighted by molar-refractivity contribution is 5.94. The lowest BCUT2D eigenvalue weighted by Crippen LogP contribution is -2.28. The van der Waals surface area contributed by atoms with Crippen LogP contribution in [-0.4, -0.2) is 44.7 Å². The van der Waals surface area contributed by atoms with E-state index < -0.39 is 0 Å². The number of unbranched alkanes of at least 4 members (excludes halogenated alkanes) is 3. The fourth-order valence-corrected chi connectivity index (χ4v) is 2.02. The molecular weight excluding hydrogens is 302 g/mol. The lowest BCUT2D eigenvalue weighted by molar-refractivity contribution is 0.305. The Hall–Kier alpha value is -2.26. The second-order valence-corrected chi connectivity index (χ2v) is 5.83. The number of anilines is 1. The molecule has 0 fully saturated rings. The van der Waals surface area contributed by atoms with E-state index in [-0.39, 0.29) is 0 Å². The maximum atomic E-state index is 8.81. The Morgan fingerprint density at radius 1 is 1.21 bits per heavy atom. The number of hydrogen-bond donors (Lipinski definition) is 2. The first kappa shape index (κ1) is 19.8. The van der Waals surface area contributed by atoms with E-state index in [0.717, 1.165) is 31.0 Å². The van der Waals surface area contributed by atoms with Crippen LogP contribution >= 0.6 is 0 Å². The average Bonchev–Trinajstić information content (AvgIpc) is 2.56. The number of rotatable bonds is 10. The van der Waals surface area contributed by atoms with E-state index in [0.29, 0.717) is 12.5 Å². The van der Waals surface area contributed by atoms with Crippen molar-refractivity contribution < 1.29 is 4.74 Å². The number of aliphatic imine (C=N–C) groups is 1. The fourth-order valence-electron chi connectivity index (χ4n) is 2.02. The van der Waals surface area contributed by atoms with Crippen LogP contribution in [0.25, 0.3) is 0 Å². The van der Waals surface area contributed by atoms with Crippen LogP contribution in [0.4, 0.5) is 5.69 Å². The van der Waals surface area contributed by atoms with Crippen LogP contribution in [0.3, 0.4) is 0 Å². The summed E-state index contributed by atoms with van der Waals surface area (Å²) in [6.45, 7) is 4.39. The molecule has 0 aliphatic rings. The predicted molar refractivity (Wildman–Crippen MR) is 99.3 cm³/mol. The highest BCUT2D eigenvalue weighted by atomic mass is 16.5. The van der Waals surface area contributed by atoms with E-state index in [9.17, 15) is 0 Å². The summed E-state index contributed by atoms with van der Waals surface area (Å²) in [5.74, 6) is 1.31. The third kappa shape index (κ3) is 9.01. The molecule has 0 unspecified atom stereocenters. The van der Waals surface area contributed by atoms with Crippen molar-refractivity contribution in [2.45, 2.75) is 32.6 Å². The molecular formula is C18H29N5O. The SMILES string of the molecule is CCCCCCOc1ccc(NC(=NCCN(C)C)NC#N)cc1. The van der Waals surface area contributed by atoms with Crippen LogP contribution in [0.15, 0.2) is 29.3 Å². The highest BCUT2D eigenvalue weighted by Gasteiger charge is 2.01. The number of guanidine groups is 1. The topological polar surface area (TPSA) is 72.7 Å². The van der Waals surface area contributed by atoms with E-state index in [2.05, 4.69) is 22.5 Å². The first-order chi connectivity index (χ1) is 11.7. The van der Waals surface area contributed by atoms with Crippen LogP contribution in [-0.2, 0) is 0 Å². The van der Waals surface area contributed by atoms with Crippen LogP contribution in [0, 0.1) is 11.5 Å². The second kappa shape index (κ2) is 12.2. The molecule has 0 bridgehead atoms. The van der Waals surface area contributed by atoms with Crippen molar-refractivity contribution in [3.63, 3.8) is 0 Å². The highest BCUT2D eigenvalue weighted by Crippen LogP contribution is 2.16. The number of ether oxygens (including phenoxy) is 1. The van der Waals surface area contributed by atoms with E-state index in [1.807, 2.05) is 49.5 Å². The summed E-state index contributed by atoms with van der Waals surface area (Å²) in [5, 5.41) is 14.5. The van der Waals surface area contributed by atoms with Crippen molar-refractivity contribution >= 4 is 11.6 Å². The molecule has 0 atom stereocenters. The number of likely N-dealkylation sites (N-methyl/N-ethyl adjacent to an activating group) is 1. The monoisotopic (exact) mass is 331 g/mol. The first-order valence-electron chi connectivity index (χ1n) is 8.50. The molecule has 0 aliphatic heterocycles. The van der Waals surface area contributed by atoms with E-state index >= 15 is 0 Å². The minimum absolute atomic E-state index is 0.451. The third-order valence-corrected chi connectivity index (χ3v) is 3.38. The van der Waals surface area contributed by atoms with Gasteiger partial charge in [0, 0.05) is 12.2 Å². The van der Waals surface area contributed by atoms with Gasteiger partial charge in [-0.15, -0.1) is 0 Å². The molecule has 1 rings (SSSR count). The molecule has 0 spiro atoms. The van der Waals surface area contributed by atoms with Crippen molar-refractivity contribution in [3.05, 3.63) is 24.3 Å². The number of hydrogen-bond acceptors (Lipinski definition) is 4. The zero-order valence-electron chi connectivity index (χ0n) is 15.0. The van der Waals surface area contributed by atoms with Crippen molar-refractivity contribution in [2.24, 2.45) is 4.99 Å². The summed E-state index contributed by atoms with van der Waals surface area (Å²) in [5.41, 5.74) is 0.861. The Morgan fingerprint density at radius 3 is 2.58 bits per heavy atom. The molecule has 0 amide bonds. The number of nitrogens with zero attached hydrogens (tertiary/aromatic N) is 3. The zero-order valence-corrected chi connectivity index (χ0v) is 15.0. The van der Waals surface area contributed by atoms with Crippen molar-refractivity contribution in [3.8, 4) is 11.9 Å². The normalized spacial score (nSPS) is 11.2. The fraction of sp³-hybridized carbons (Fsp3) is 0.556. The van der Waals surface area contributed by atoms with Crippen LogP contribution in [0.2, 0.25) is 0 Å². The van der Waals surface area contributed by atoms with Crippen molar-refractivity contribution in [1.29, 1.82) is 5.26 Å². The molecule has 24 heavy (non-hydrogen) atoms. The molecule has 0 aliphatic carbocycles. The Balaban J connectivity index is 2.46. The number of nitrogens with one attached hydrogen (secondary N) is 2. The maximum Gasteiger partial charge on any atom is 0.209 e. The third-order valence-electron chi connectivity index (χ3n) is 3.38. The van der Waals surface area contributed by atoms with Crippen LogP contribution in [0.5, 0.6) is 5.75 Å². The Labute approximate surface area is 145 Å². The largest absolute Gasteiger partial charge is 0.494 e. The lowest BCUT2D eigenvalue weighted by Gasteiger charge is -2.11. The summed E-state index contributed by atoms with van der Waals surface area (Å²) in [6, 6.07) is 7.68. The minimum Gasteiger partial charge on any atom is -0.494 e. The standard InChI is InChI=1S/C18H29N5O/c1-4-5-6-7-14-24-17-10-8-16(9-11-17)22-18(21-15-19)20-12-13-23(2)3/h8-11H,4-7,12-14H2,1-3H3,(H2,20,21,22). The molecule has 0 heterocycles. The van der Waals surface area contributed by atoms with Gasteiger partial charge in [-0.05, 0) is 44.8 Å². The van der Waals surface area contributed by atoms with E-state index in [1.165, 1.54) is 19.3 Å². The van der Waals surface area contributed by atoms with Gasteiger partial charge >= 0.3 is 0 Å². The average molecular weight is 331 g/mol. The quantitative estimate of drug-likeness (QED) is 0.227. The van der Waals surface area contributed by atoms with Crippen LogP contribution in [0.1, 0.15) is 32.6 Å². The van der Waals surface area contributed by atoms with Gasteiger partial charge in [0.25, 0.3) is 0 Å². The predicted octanol–water partition coefficient (Wildman–Crippen LogP) is 3.05. The van der Waals surface area contributed by atoms with Crippen LogP contribution < -0.4 is 15.4 Å². The minimum atomic E-state index is 0.451. The van der Waals surface area contributed by atoms with Gasteiger partial charge < -0.3 is 15.0 Å². The van der Waals surface area contributed by atoms with Crippen molar-refractivity contribution in [1.82, 2.24) is 10.2 Å². The molecule has 0 saturated heterocycles. The summed E-state index contributed by atoms with van der Waals surface area (Å²) >= 11 is 0.